The average molecular weight is 472 g/mol. The number of nitrogens with one attached hydrogen (secondary N) is 1. The van der Waals surface area contributed by atoms with Crippen LogP contribution in [0.5, 0.6) is 0 Å². The minimum absolute atomic E-state index is 0.0215. The smallest absolute Gasteiger partial charge is 0.256 e. The van der Waals surface area contributed by atoms with Crippen LogP contribution in [0.1, 0.15) is 46.3 Å². The first-order valence-electron chi connectivity index (χ1n) is 12.4. The Morgan fingerprint density at radius 1 is 0.857 bits per heavy atom. The van der Waals surface area contributed by atoms with Crippen LogP contribution >= 0.6 is 0 Å². The van der Waals surface area contributed by atoms with Crippen molar-refractivity contribution >= 4 is 23.2 Å². The number of hydrogen-bond acceptors (Lipinski definition) is 3. The monoisotopic (exact) mass is 471 g/mol. The quantitative estimate of drug-likeness (QED) is 0.557. The summed E-state index contributed by atoms with van der Waals surface area (Å²) in [4.78, 5) is 30.5. The molecule has 2 aliphatic rings. The fourth-order valence-electron chi connectivity index (χ4n) is 5.02. The minimum Gasteiger partial charge on any atom is -0.366 e. The number of carbonyl (C=O) groups excluding carboxylic acids is 2. The van der Waals surface area contributed by atoms with Gasteiger partial charge in [-0.2, -0.15) is 0 Å². The van der Waals surface area contributed by atoms with E-state index < -0.39 is 0 Å². The zero-order valence-electron chi connectivity index (χ0n) is 19.8. The summed E-state index contributed by atoms with van der Waals surface area (Å²) in [6, 6.07) is 20.0. The maximum absolute atomic E-state index is 13.6. The lowest BCUT2D eigenvalue weighted by atomic mass is 9.98. The molecule has 6 heteroatoms. The van der Waals surface area contributed by atoms with Crippen molar-refractivity contribution in [1.82, 2.24) is 4.90 Å². The lowest BCUT2D eigenvalue weighted by molar-refractivity contribution is -0.115. The number of fused-ring (bicyclic) bond motifs is 1. The summed E-state index contributed by atoms with van der Waals surface area (Å²) >= 11 is 0. The van der Waals surface area contributed by atoms with E-state index >= 15 is 0 Å². The molecule has 2 heterocycles. The predicted octanol–water partition coefficient (Wildman–Crippen LogP) is 5.20. The number of nitrogens with zero attached hydrogens (tertiary/aromatic N) is 2. The second kappa shape index (κ2) is 10.3. The molecule has 0 aromatic heterocycles. The molecular formula is C29H30FN3O2. The zero-order valence-corrected chi connectivity index (χ0v) is 19.8. The van der Waals surface area contributed by atoms with E-state index in [-0.39, 0.29) is 24.1 Å². The number of hydrogen-bond donors (Lipinski definition) is 1. The molecule has 0 aliphatic carbocycles. The highest BCUT2D eigenvalue weighted by atomic mass is 19.1. The molecule has 1 N–H and O–H groups in total. The van der Waals surface area contributed by atoms with E-state index in [9.17, 15) is 14.0 Å². The van der Waals surface area contributed by atoms with E-state index in [0.29, 0.717) is 11.3 Å². The molecule has 5 rings (SSSR count). The van der Waals surface area contributed by atoms with E-state index in [4.69, 9.17) is 0 Å². The minimum atomic E-state index is -0.328. The van der Waals surface area contributed by atoms with Gasteiger partial charge in [-0.05, 0) is 72.7 Å². The van der Waals surface area contributed by atoms with Crippen molar-refractivity contribution in [2.75, 3.05) is 29.9 Å². The third-order valence-corrected chi connectivity index (χ3v) is 6.90. The van der Waals surface area contributed by atoms with Gasteiger partial charge in [-0.25, -0.2) is 4.39 Å². The molecule has 0 spiro atoms. The first-order chi connectivity index (χ1) is 17.1. The Kier molecular flexibility index (Phi) is 6.80. The van der Waals surface area contributed by atoms with Gasteiger partial charge >= 0.3 is 0 Å². The predicted molar refractivity (Wildman–Crippen MR) is 136 cm³/mol. The number of piperidine rings is 1. The van der Waals surface area contributed by atoms with E-state index in [1.54, 1.807) is 12.1 Å². The van der Waals surface area contributed by atoms with Gasteiger partial charge in [0.15, 0.2) is 0 Å². The van der Waals surface area contributed by atoms with Gasteiger partial charge in [0.1, 0.15) is 5.82 Å². The van der Waals surface area contributed by atoms with Crippen LogP contribution in [-0.2, 0) is 24.2 Å². The molecule has 0 unspecified atom stereocenters. The highest BCUT2D eigenvalue weighted by Gasteiger charge is 2.25. The van der Waals surface area contributed by atoms with Crippen LogP contribution in [0.15, 0.2) is 66.7 Å². The summed E-state index contributed by atoms with van der Waals surface area (Å²) in [6.45, 7) is 3.13. The van der Waals surface area contributed by atoms with Crippen LogP contribution in [0, 0.1) is 5.82 Å². The Hall–Kier alpha value is -3.67. The number of anilines is 2. The second-order valence-electron chi connectivity index (χ2n) is 9.38. The highest BCUT2D eigenvalue weighted by molar-refractivity contribution is 6.02. The van der Waals surface area contributed by atoms with Crippen molar-refractivity contribution in [2.45, 2.75) is 38.6 Å². The van der Waals surface area contributed by atoms with Crippen molar-refractivity contribution in [3.8, 4) is 0 Å². The van der Waals surface area contributed by atoms with Gasteiger partial charge in [-0.1, -0.05) is 36.4 Å². The van der Waals surface area contributed by atoms with Gasteiger partial charge < -0.3 is 15.1 Å². The molecule has 2 aliphatic heterocycles. The summed E-state index contributed by atoms with van der Waals surface area (Å²) in [5.41, 5.74) is 5.51. The summed E-state index contributed by atoms with van der Waals surface area (Å²) < 4.78 is 13.2. The number of rotatable bonds is 5. The molecule has 3 aromatic rings. The van der Waals surface area contributed by atoms with Crippen molar-refractivity contribution in [2.24, 2.45) is 0 Å². The van der Waals surface area contributed by atoms with E-state index in [2.05, 4.69) is 34.5 Å². The standard InChI is InChI=1S/C29H30FN3O2/c30-24-10-8-21(9-11-24)18-28(34)31-25-12-13-27(26(19-25)29(35)32-15-4-1-5-16-32)33-17-14-22-6-2-3-7-23(22)20-33/h2-3,6-13,19H,1,4-5,14-18,20H2,(H,31,34). The van der Waals surface area contributed by atoms with Crippen molar-refractivity contribution in [3.63, 3.8) is 0 Å². The summed E-state index contributed by atoms with van der Waals surface area (Å²) in [6.07, 6.45) is 4.27. The van der Waals surface area contributed by atoms with Crippen LogP contribution in [0.3, 0.4) is 0 Å². The molecular weight excluding hydrogens is 441 g/mol. The van der Waals surface area contributed by atoms with Gasteiger partial charge in [0.05, 0.1) is 12.0 Å². The van der Waals surface area contributed by atoms with Gasteiger partial charge in [0.2, 0.25) is 5.91 Å². The molecule has 2 amide bonds. The molecule has 0 bridgehead atoms. The summed E-state index contributed by atoms with van der Waals surface area (Å²) in [5, 5.41) is 2.93. The fraction of sp³-hybridized carbons (Fsp3) is 0.310. The first kappa shape index (κ1) is 23.1. The van der Waals surface area contributed by atoms with Gasteiger partial charge in [-0.15, -0.1) is 0 Å². The van der Waals surface area contributed by atoms with Crippen LogP contribution in [0.4, 0.5) is 15.8 Å². The topological polar surface area (TPSA) is 52.7 Å². The van der Waals surface area contributed by atoms with E-state index in [0.717, 1.165) is 63.1 Å². The molecule has 1 saturated heterocycles. The van der Waals surface area contributed by atoms with Crippen LogP contribution in [-0.4, -0.2) is 36.3 Å². The average Bonchev–Trinajstić information content (AvgIpc) is 2.90. The number of carbonyl (C=O) groups is 2. The van der Waals surface area contributed by atoms with Crippen LogP contribution in [0.25, 0.3) is 0 Å². The highest BCUT2D eigenvalue weighted by Crippen LogP contribution is 2.31. The molecule has 35 heavy (non-hydrogen) atoms. The van der Waals surface area contributed by atoms with Gasteiger partial charge in [0.25, 0.3) is 5.91 Å². The van der Waals surface area contributed by atoms with Crippen LogP contribution < -0.4 is 10.2 Å². The number of amides is 2. The number of halogens is 1. The Labute approximate surface area is 205 Å². The molecule has 0 saturated carbocycles. The van der Waals surface area contributed by atoms with E-state index in [1.807, 2.05) is 23.1 Å². The molecule has 5 nitrogen and oxygen atoms in total. The van der Waals surface area contributed by atoms with Crippen molar-refractivity contribution in [1.29, 1.82) is 0 Å². The number of likely N-dealkylation sites (tertiary alicyclic amines) is 1. The Morgan fingerprint density at radius 3 is 2.37 bits per heavy atom. The Bertz CT molecular complexity index is 1220. The molecule has 180 valence electrons. The fourth-order valence-corrected chi connectivity index (χ4v) is 5.02. The third-order valence-electron chi connectivity index (χ3n) is 6.90. The van der Waals surface area contributed by atoms with Gasteiger partial charge in [-0.3, -0.25) is 9.59 Å². The Morgan fingerprint density at radius 2 is 1.60 bits per heavy atom. The van der Waals surface area contributed by atoms with E-state index in [1.165, 1.54) is 23.3 Å². The Balaban J connectivity index is 1.40. The maximum atomic E-state index is 13.6. The third kappa shape index (κ3) is 5.37. The summed E-state index contributed by atoms with van der Waals surface area (Å²) in [7, 11) is 0. The zero-order chi connectivity index (χ0) is 24.2. The number of benzene rings is 3. The SMILES string of the molecule is O=C(Cc1ccc(F)cc1)Nc1ccc(N2CCc3ccccc3C2)c(C(=O)N2CCCCC2)c1. The van der Waals surface area contributed by atoms with Crippen molar-refractivity contribution < 1.29 is 14.0 Å². The maximum Gasteiger partial charge on any atom is 0.256 e. The second-order valence-corrected chi connectivity index (χ2v) is 9.38. The molecule has 0 atom stereocenters. The van der Waals surface area contributed by atoms with Gasteiger partial charge in [0, 0.05) is 37.6 Å². The lowest BCUT2D eigenvalue weighted by Crippen LogP contribution is -2.38. The molecule has 0 radical (unpaired) electrons. The van der Waals surface area contributed by atoms with Crippen molar-refractivity contribution in [3.05, 3.63) is 94.8 Å². The molecule has 1 fully saturated rings. The van der Waals surface area contributed by atoms with Crippen LogP contribution in [0.2, 0.25) is 0 Å². The summed E-state index contributed by atoms with van der Waals surface area (Å²) in [5.74, 6) is -0.508. The lowest BCUT2D eigenvalue weighted by Gasteiger charge is -2.34. The first-order valence-corrected chi connectivity index (χ1v) is 12.4. The largest absolute Gasteiger partial charge is 0.366 e. The molecule has 3 aromatic carbocycles. The normalized spacial score (nSPS) is 15.5.